The number of aryl methyl sites for hydroxylation is 3. The summed E-state index contributed by atoms with van der Waals surface area (Å²) >= 11 is 2.37. The number of halogens is 1. The molecule has 0 saturated carbocycles. The molecule has 1 aromatic carbocycles. The number of rotatable bonds is 10. The average Bonchev–Trinajstić information content (AvgIpc) is 3.21. The second-order valence-electron chi connectivity index (χ2n) is 9.41. The number of anilines is 2. The lowest BCUT2D eigenvalue weighted by Crippen LogP contribution is -2.28. The molecule has 0 aliphatic rings. The Balaban J connectivity index is 1.82. The van der Waals surface area contributed by atoms with Crippen LogP contribution in [0.4, 0.5) is 11.6 Å². The normalized spacial score (nSPS) is 12.2. The molecule has 0 saturated heterocycles. The van der Waals surface area contributed by atoms with Crippen LogP contribution >= 0.6 is 22.6 Å². The second kappa shape index (κ2) is 11.6. The molecule has 36 heavy (non-hydrogen) atoms. The van der Waals surface area contributed by atoms with Crippen molar-refractivity contribution in [1.82, 2.24) is 19.5 Å². The predicted molar refractivity (Wildman–Crippen MR) is 159 cm³/mol. The van der Waals surface area contributed by atoms with Gasteiger partial charge in [0.2, 0.25) is 5.95 Å². The molecule has 6 nitrogen and oxygen atoms in total. The van der Waals surface area contributed by atoms with Gasteiger partial charge in [0.15, 0.2) is 0 Å². The minimum atomic E-state index is 0.0656. The molecule has 0 aliphatic heterocycles. The summed E-state index contributed by atoms with van der Waals surface area (Å²) in [5.74, 6) is 2.66. The Bertz CT molecular complexity index is 1320. The quantitative estimate of drug-likeness (QED) is 0.192. The van der Waals surface area contributed by atoms with Gasteiger partial charge >= 0.3 is 0 Å². The molecule has 0 fully saturated rings. The lowest BCUT2D eigenvalue weighted by atomic mass is 10.0. The van der Waals surface area contributed by atoms with Crippen LogP contribution in [-0.4, -0.2) is 32.6 Å². The fourth-order valence-corrected chi connectivity index (χ4v) is 5.18. The van der Waals surface area contributed by atoms with Gasteiger partial charge in [-0.2, -0.15) is 4.98 Å². The Kier molecular flexibility index (Phi) is 8.49. The molecule has 3 heterocycles. The summed E-state index contributed by atoms with van der Waals surface area (Å²) in [5, 5.41) is 4.97. The molecule has 0 aliphatic carbocycles. The minimum Gasteiger partial charge on any atom is -0.362 e. The van der Waals surface area contributed by atoms with Crippen LogP contribution in [0.5, 0.6) is 0 Å². The van der Waals surface area contributed by atoms with Crippen LogP contribution in [0.2, 0.25) is 0 Å². The SMILES string of the molecule is CCCN(CCC)c1nc2ccccc2cc1C(CC)Nc1nc(-n2c(C)ccc2C)nc(C)c1I. The van der Waals surface area contributed by atoms with Crippen molar-refractivity contribution < 1.29 is 0 Å². The Morgan fingerprint density at radius 1 is 0.917 bits per heavy atom. The van der Waals surface area contributed by atoms with Gasteiger partial charge in [0.1, 0.15) is 11.6 Å². The maximum atomic E-state index is 5.19. The van der Waals surface area contributed by atoms with Gasteiger partial charge in [-0.15, -0.1) is 0 Å². The number of para-hydroxylation sites is 1. The first-order valence-electron chi connectivity index (χ1n) is 13.0. The van der Waals surface area contributed by atoms with Crippen LogP contribution in [-0.2, 0) is 0 Å². The van der Waals surface area contributed by atoms with Gasteiger partial charge in [-0.25, -0.2) is 9.97 Å². The number of hydrogen-bond donors (Lipinski definition) is 1. The van der Waals surface area contributed by atoms with E-state index < -0.39 is 0 Å². The van der Waals surface area contributed by atoms with E-state index in [4.69, 9.17) is 15.0 Å². The highest BCUT2D eigenvalue weighted by Crippen LogP contribution is 2.34. The molecule has 4 rings (SSSR count). The van der Waals surface area contributed by atoms with Gasteiger partial charge in [0.05, 0.1) is 20.8 Å². The number of hydrogen-bond acceptors (Lipinski definition) is 5. The lowest BCUT2D eigenvalue weighted by Gasteiger charge is -2.29. The van der Waals surface area contributed by atoms with E-state index in [2.05, 4.69) is 121 Å². The van der Waals surface area contributed by atoms with E-state index in [9.17, 15) is 0 Å². The van der Waals surface area contributed by atoms with E-state index in [0.717, 1.165) is 75.5 Å². The smallest absolute Gasteiger partial charge is 0.236 e. The van der Waals surface area contributed by atoms with Crippen LogP contribution in [0.1, 0.15) is 68.7 Å². The number of nitrogens with zero attached hydrogens (tertiary/aromatic N) is 5. The highest BCUT2D eigenvalue weighted by Gasteiger charge is 2.22. The maximum Gasteiger partial charge on any atom is 0.236 e. The molecule has 1 unspecified atom stereocenters. The van der Waals surface area contributed by atoms with Crippen molar-refractivity contribution in [2.24, 2.45) is 0 Å². The molecule has 1 N–H and O–H groups in total. The van der Waals surface area contributed by atoms with E-state index >= 15 is 0 Å². The van der Waals surface area contributed by atoms with E-state index in [1.54, 1.807) is 0 Å². The van der Waals surface area contributed by atoms with E-state index in [1.807, 2.05) is 0 Å². The fraction of sp³-hybridized carbons (Fsp3) is 0.414. The standard InChI is InChI=1S/C29H37IN6/c1-7-16-35(17-8-2)28-23(18-22-12-10-11-13-25(22)33-28)24(9-3)32-27-26(30)21(6)31-29(34-27)36-19(4)14-15-20(36)5/h10-15,18,24H,7-9,16-17H2,1-6H3,(H,31,32,34). The Hall–Kier alpha value is -2.68. The molecular weight excluding hydrogens is 559 g/mol. The summed E-state index contributed by atoms with van der Waals surface area (Å²) in [6, 6.07) is 15.0. The van der Waals surface area contributed by atoms with Gasteiger partial charge in [-0.05, 0) is 86.9 Å². The molecule has 0 radical (unpaired) electrons. The zero-order chi connectivity index (χ0) is 25.8. The zero-order valence-electron chi connectivity index (χ0n) is 22.3. The van der Waals surface area contributed by atoms with E-state index in [-0.39, 0.29) is 6.04 Å². The third-order valence-corrected chi connectivity index (χ3v) is 7.88. The molecule has 190 valence electrons. The van der Waals surface area contributed by atoms with Gasteiger partial charge < -0.3 is 10.2 Å². The van der Waals surface area contributed by atoms with Crippen LogP contribution in [0, 0.1) is 24.3 Å². The average molecular weight is 597 g/mol. The van der Waals surface area contributed by atoms with Crippen LogP contribution in [0.3, 0.4) is 0 Å². The first kappa shape index (κ1) is 26.4. The highest BCUT2D eigenvalue weighted by atomic mass is 127. The molecule has 0 bridgehead atoms. The first-order chi connectivity index (χ1) is 17.4. The fourth-order valence-electron chi connectivity index (χ4n) is 4.78. The monoisotopic (exact) mass is 596 g/mol. The molecular formula is C29H37IN6. The van der Waals surface area contributed by atoms with Gasteiger partial charge in [-0.3, -0.25) is 4.57 Å². The van der Waals surface area contributed by atoms with E-state index in [0.29, 0.717) is 5.95 Å². The molecule has 0 spiro atoms. The van der Waals surface area contributed by atoms with Crippen molar-refractivity contribution in [3.63, 3.8) is 0 Å². The van der Waals surface area contributed by atoms with Gasteiger partial charge in [0, 0.05) is 35.4 Å². The summed E-state index contributed by atoms with van der Waals surface area (Å²) in [4.78, 5) is 17.5. The van der Waals surface area contributed by atoms with Crippen LogP contribution < -0.4 is 10.2 Å². The third-order valence-electron chi connectivity index (χ3n) is 6.59. The van der Waals surface area contributed by atoms with Crippen molar-refractivity contribution in [3.05, 3.63) is 68.7 Å². The molecule has 0 amide bonds. The highest BCUT2D eigenvalue weighted by molar-refractivity contribution is 14.1. The maximum absolute atomic E-state index is 5.19. The van der Waals surface area contributed by atoms with E-state index in [1.165, 1.54) is 5.56 Å². The Morgan fingerprint density at radius 3 is 2.22 bits per heavy atom. The van der Waals surface area contributed by atoms with Crippen molar-refractivity contribution in [1.29, 1.82) is 0 Å². The number of pyridine rings is 1. The number of aromatic nitrogens is 4. The summed E-state index contributed by atoms with van der Waals surface area (Å²) in [6.07, 6.45) is 3.08. The summed E-state index contributed by atoms with van der Waals surface area (Å²) < 4.78 is 3.16. The third kappa shape index (κ3) is 5.36. The van der Waals surface area contributed by atoms with Gasteiger partial charge in [-0.1, -0.05) is 39.0 Å². The minimum absolute atomic E-state index is 0.0656. The first-order valence-corrected chi connectivity index (χ1v) is 14.1. The van der Waals surface area contributed by atoms with Crippen molar-refractivity contribution in [3.8, 4) is 5.95 Å². The number of benzene rings is 1. The second-order valence-corrected chi connectivity index (χ2v) is 10.5. The summed E-state index contributed by atoms with van der Waals surface area (Å²) in [6.45, 7) is 14.9. The molecule has 4 aromatic rings. The van der Waals surface area contributed by atoms with Crippen LogP contribution in [0.25, 0.3) is 16.9 Å². The van der Waals surface area contributed by atoms with Crippen LogP contribution in [0.15, 0.2) is 42.5 Å². The Morgan fingerprint density at radius 2 is 1.58 bits per heavy atom. The van der Waals surface area contributed by atoms with Crippen molar-refractivity contribution >= 4 is 45.1 Å². The number of nitrogens with one attached hydrogen (secondary N) is 1. The van der Waals surface area contributed by atoms with Crippen molar-refractivity contribution in [2.45, 2.75) is 66.8 Å². The predicted octanol–water partition coefficient (Wildman–Crippen LogP) is 7.53. The number of fused-ring (bicyclic) bond motifs is 1. The molecule has 7 heteroatoms. The largest absolute Gasteiger partial charge is 0.362 e. The molecule has 1 atom stereocenters. The topological polar surface area (TPSA) is 58.9 Å². The molecule has 3 aromatic heterocycles. The van der Waals surface area contributed by atoms with Gasteiger partial charge in [0.25, 0.3) is 0 Å². The lowest BCUT2D eigenvalue weighted by molar-refractivity contribution is 0.699. The zero-order valence-corrected chi connectivity index (χ0v) is 24.4. The summed E-state index contributed by atoms with van der Waals surface area (Å²) in [5.41, 5.74) is 5.49. The summed E-state index contributed by atoms with van der Waals surface area (Å²) in [7, 11) is 0. The van der Waals surface area contributed by atoms with Crippen molar-refractivity contribution in [2.75, 3.05) is 23.3 Å². The Labute approximate surface area is 228 Å².